The van der Waals surface area contributed by atoms with E-state index in [9.17, 15) is 4.39 Å². The number of nitrogens with zero attached hydrogens (tertiary/aromatic N) is 3. The zero-order valence-corrected chi connectivity index (χ0v) is 9.67. The molecule has 18 heavy (non-hydrogen) atoms. The lowest BCUT2D eigenvalue weighted by Gasteiger charge is -2.03. The minimum absolute atomic E-state index is 0.299. The zero-order chi connectivity index (χ0) is 12.5. The Kier molecular flexibility index (Phi) is 2.44. The van der Waals surface area contributed by atoms with Crippen LogP contribution < -0.4 is 4.74 Å². The first-order valence-electron chi connectivity index (χ1n) is 5.42. The van der Waals surface area contributed by atoms with Gasteiger partial charge in [0.2, 0.25) is 0 Å². The van der Waals surface area contributed by atoms with Crippen LogP contribution in [0.5, 0.6) is 5.75 Å². The van der Waals surface area contributed by atoms with E-state index in [1.807, 2.05) is 0 Å². The predicted octanol–water partition coefficient (Wildman–Crippen LogP) is 2.54. The fourth-order valence-electron chi connectivity index (χ4n) is 1.82. The van der Waals surface area contributed by atoms with Gasteiger partial charge in [-0.2, -0.15) is 0 Å². The van der Waals surface area contributed by atoms with E-state index >= 15 is 0 Å². The molecule has 0 aliphatic carbocycles. The smallest absolute Gasteiger partial charge is 0.168 e. The first-order chi connectivity index (χ1) is 8.78. The molecule has 1 aromatic carbocycles. The maximum Gasteiger partial charge on any atom is 0.168 e. The number of fused-ring (bicyclic) bond motifs is 1. The third-order valence-corrected chi connectivity index (χ3v) is 2.69. The molecule has 0 radical (unpaired) electrons. The summed E-state index contributed by atoms with van der Waals surface area (Å²) in [6.45, 7) is 0. The van der Waals surface area contributed by atoms with Crippen molar-refractivity contribution in [3.8, 4) is 17.1 Å². The van der Waals surface area contributed by atoms with E-state index in [0.717, 1.165) is 0 Å². The Morgan fingerprint density at radius 1 is 1.17 bits per heavy atom. The molecule has 0 fully saturated rings. The minimum atomic E-state index is -0.299. The van der Waals surface area contributed by atoms with Crippen LogP contribution in [0.2, 0.25) is 0 Å². The average Bonchev–Trinajstić information content (AvgIpc) is 2.81. The molecule has 0 spiro atoms. The normalized spacial score (nSPS) is 10.8. The molecule has 0 aliphatic heterocycles. The van der Waals surface area contributed by atoms with Crippen molar-refractivity contribution in [3.05, 3.63) is 48.4 Å². The number of benzene rings is 1. The summed E-state index contributed by atoms with van der Waals surface area (Å²) < 4.78 is 20.1. The van der Waals surface area contributed by atoms with Crippen LogP contribution in [-0.2, 0) is 0 Å². The van der Waals surface area contributed by atoms with Gasteiger partial charge in [0.15, 0.2) is 11.5 Å². The molecule has 0 saturated carbocycles. The van der Waals surface area contributed by atoms with Gasteiger partial charge in [0.25, 0.3) is 0 Å². The molecular formula is C13H10FN3O. The Balaban J connectivity index is 2.22. The Hall–Kier alpha value is -2.43. The number of pyridine rings is 1. The van der Waals surface area contributed by atoms with Crippen molar-refractivity contribution < 1.29 is 9.13 Å². The molecule has 4 nitrogen and oxygen atoms in total. The van der Waals surface area contributed by atoms with Gasteiger partial charge in [0.05, 0.1) is 13.3 Å². The first-order valence-corrected chi connectivity index (χ1v) is 5.42. The number of ether oxygens (including phenoxy) is 1. The first kappa shape index (κ1) is 10.7. The van der Waals surface area contributed by atoms with Crippen molar-refractivity contribution in [1.29, 1.82) is 0 Å². The molecule has 0 unspecified atom stereocenters. The average molecular weight is 243 g/mol. The van der Waals surface area contributed by atoms with Crippen molar-refractivity contribution >= 4 is 5.65 Å². The van der Waals surface area contributed by atoms with Crippen LogP contribution in [0.1, 0.15) is 0 Å². The van der Waals surface area contributed by atoms with Crippen molar-refractivity contribution in [2.75, 3.05) is 7.11 Å². The second-order valence-corrected chi connectivity index (χ2v) is 3.83. The van der Waals surface area contributed by atoms with Crippen LogP contribution in [-0.4, -0.2) is 21.7 Å². The van der Waals surface area contributed by atoms with Gasteiger partial charge in [-0.3, -0.25) is 4.40 Å². The topological polar surface area (TPSA) is 39.4 Å². The van der Waals surface area contributed by atoms with E-state index in [0.29, 0.717) is 22.8 Å². The van der Waals surface area contributed by atoms with Crippen LogP contribution in [0.25, 0.3) is 17.0 Å². The van der Waals surface area contributed by atoms with Crippen molar-refractivity contribution in [2.24, 2.45) is 0 Å². The highest BCUT2D eigenvalue weighted by Crippen LogP contribution is 2.21. The number of halogens is 1. The van der Waals surface area contributed by atoms with Gasteiger partial charge in [-0.15, -0.1) is 10.2 Å². The molecule has 0 aliphatic rings. The van der Waals surface area contributed by atoms with Crippen molar-refractivity contribution in [3.63, 3.8) is 0 Å². The van der Waals surface area contributed by atoms with Gasteiger partial charge in [-0.1, -0.05) is 12.1 Å². The molecule has 0 atom stereocenters. The predicted molar refractivity (Wildman–Crippen MR) is 64.9 cm³/mol. The molecule has 0 saturated heterocycles. The molecule has 3 rings (SSSR count). The van der Waals surface area contributed by atoms with Crippen molar-refractivity contribution in [1.82, 2.24) is 14.6 Å². The third-order valence-electron chi connectivity index (χ3n) is 2.69. The van der Waals surface area contributed by atoms with E-state index in [-0.39, 0.29) is 5.82 Å². The second-order valence-electron chi connectivity index (χ2n) is 3.83. The Morgan fingerprint density at radius 3 is 2.83 bits per heavy atom. The second kappa shape index (κ2) is 4.10. The molecule has 0 amide bonds. The molecule has 2 aromatic heterocycles. The maximum absolute atomic E-state index is 13.2. The largest absolute Gasteiger partial charge is 0.495 e. The van der Waals surface area contributed by atoms with Crippen molar-refractivity contribution in [2.45, 2.75) is 0 Å². The summed E-state index contributed by atoms with van der Waals surface area (Å²) in [6, 6.07) is 9.86. The summed E-state index contributed by atoms with van der Waals surface area (Å²) in [5.74, 6) is 0.982. The zero-order valence-electron chi connectivity index (χ0n) is 9.67. The van der Waals surface area contributed by atoms with Gasteiger partial charge in [-0.05, 0) is 24.3 Å². The fraction of sp³-hybridized carbons (Fsp3) is 0.0769. The number of methoxy groups -OCH3 is 1. The summed E-state index contributed by atoms with van der Waals surface area (Å²) in [5.41, 5.74) is 1.37. The van der Waals surface area contributed by atoms with Crippen LogP contribution in [0.3, 0.4) is 0 Å². The fourth-order valence-corrected chi connectivity index (χ4v) is 1.82. The highest BCUT2D eigenvalue weighted by atomic mass is 19.1. The minimum Gasteiger partial charge on any atom is -0.495 e. The molecule has 3 aromatic rings. The molecular weight excluding hydrogens is 233 g/mol. The number of hydrogen-bond donors (Lipinski definition) is 0. The van der Waals surface area contributed by atoms with Gasteiger partial charge in [-0.25, -0.2) is 4.39 Å². The maximum atomic E-state index is 13.2. The Labute approximate surface area is 103 Å². The highest BCUT2D eigenvalue weighted by molar-refractivity contribution is 5.59. The van der Waals surface area contributed by atoms with Gasteiger partial charge in [0.1, 0.15) is 11.6 Å². The Bertz CT molecular complexity index is 708. The van der Waals surface area contributed by atoms with E-state index in [1.165, 1.54) is 12.1 Å². The summed E-state index contributed by atoms with van der Waals surface area (Å²) in [4.78, 5) is 0. The van der Waals surface area contributed by atoms with Crippen LogP contribution in [0.4, 0.5) is 4.39 Å². The Morgan fingerprint density at radius 2 is 2.06 bits per heavy atom. The summed E-state index contributed by atoms with van der Waals surface area (Å²) in [7, 11) is 1.59. The monoisotopic (exact) mass is 243 g/mol. The summed E-state index contributed by atoms with van der Waals surface area (Å²) in [5, 5.41) is 8.11. The summed E-state index contributed by atoms with van der Waals surface area (Å²) >= 11 is 0. The lowest BCUT2D eigenvalue weighted by atomic mass is 10.2. The highest BCUT2D eigenvalue weighted by Gasteiger charge is 2.09. The van der Waals surface area contributed by atoms with Crippen LogP contribution in [0.15, 0.2) is 42.6 Å². The van der Waals surface area contributed by atoms with Gasteiger partial charge >= 0.3 is 0 Å². The standard InChI is InChI=1S/C13H10FN3O/c1-18-11-5-6-12-15-16-13(17(12)8-11)9-3-2-4-10(14)7-9/h2-8H,1H3. The SMILES string of the molecule is COc1ccc2nnc(-c3cccc(F)c3)n2c1. The molecule has 0 bridgehead atoms. The van der Waals surface area contributed by atoms with E-state index in [4.69, 9.17) is 4.74 Å². The number of aromatic nitrogens is 3. The van der Waals surface area contributed by atoms with Crippen LogP contribution >= 0.6 is 0 Å². The number of rotatable bonds is 2. The summed E-state index contributed by atoms with van der Waals surface area (Å²) in [6.07, 6.45) is 1.77. The lowest BCUT2D eigenvalue weighted by Crippen LogP contribution is -1.92. The van der Waals surface area contributed by atoms with Gasteiger partial charge in [0, 0.05) is 5.56 Å². The number of hydrogen-bond acceptors (Lipinski definition) is 3. The van der Waals surface area contributed by atoms with E-state index in [2.05, 4.69) is 10.2 Å². The molecule has 0 N–H and O–H groups in total. The quantitative estimate of drug-likeness (QED) is 0.694. The van der Waals surface area contributed by atoms with E-state index < -0.39 is 0 Å². The molecule has 2 heterocycles. The van der Waals surface area contributed by atoms with Crippen LogP contribution in [0, 0.1) is 5.82 Å². The molecule has 5 heteroatoms. The van der Waals surface area contributed by atoms with Gasteiger partial charge < -0.3 is 4.74 Å². The molecule has 90 valence electrons. The lowest BCUT2D eigenvalue weighted by molar-refractivity contribution is 0.412. The third kappa shape index (κ3) is 1.69. The van der Waals surface area contributed by atoms with E-state index in [1.54, 1.807) is 42.0 Å².